The minimum absolute atomic E-state index is 0.0674. The van der Waals surface area contributed by atoms with Gasteiger partial charge >= 0.3 is 0 Å². The Kier molecular flexibility index (Phi) is 10.6. The number of anilines is 2. The first-order chi connectivity index (χ1) is 37.1. The van der Waals surface area contributed by atoms with E-state index >= 15 is 0 Å². The van der Waals surface area contributed by atoms with Crippen molar-refractivity contribution in [2.75, 3.05) is 4.90 Å². The van der Waals surface area contributed by atoms with Crippen molar-refractivity contribution in [3.05, 3.63) is 269 Å². The molecule has 4 heterocycles. The third-order valence-electron chi connectivity index (χ3n) is 17.0. The second-order valence-corrected chi connectivity index (χ2v) is 21.5. The van der Waals surface area contributed by atoms with E-state index in [0.717, 1.165) is 72.0 Å². The monoisotopic (exact) mass is 968 g/mol. The summed E-state index contributed by atoms with van der Waals surface area (Å²) in [6, 6.07) is 38.0. The maximum absolute atomic E-state index is 5.29. The van der Waals surface area contributed by atoms with Crippen molar-refractivity contribution in [3.8, 4) is 11.1 Å². The van der Waals surface area contributed by atoms with Gasteiger partial charge in [-0.05, 0) is 169 Å². The van der Waals surface area contributed by atoms with E-state index in [1.165, 1.54) is 67.9 Å². The Labute approximate surface area is 439 Å². The predicted molar refractivity (Wildman–Crippen MR) is 307 cm³/mol. The van der Waals surface area contributed by atoms with E-state index in [4.69, 9.17) is 15.0 Å². The molecule has 0 bridgehead atoms. The summed E-state index contributed by atoms with van der Waals surface area (Å²) in [5, 5.41) is 5.16. The summed E-state index contributed by atoms with van der Waals surface area (Å²) < 4.78 is 2.53. The molecule has 362 valence electrons. The normalized spacial score (nSPS) is 26.2. The van der Waals surface area contributed by atoms with E-state index in [1.54, 1.807) is 0 Å². The van der Waals surface area contributed by atoms with Crippen LogP contribution < -0.4 is 10.2 Å². The number of hydrogen-bond acceptors (Lipinski definition) is 5. The fourth-order valence-electron chi connectivity index (χ4n) is 13.0. The molecule has 1 N–H and O–H groups in total. The third-order valence-corrected chi connectivity index (χ3v) is 17.0. The zero-order valence-electron chi connectivity index (χ0n) is 41.8. The first-order valence-electron chi connectivity index (χ1n) is 27.2. The Hall–Kier alpha value is -8.53. The van der Waals surface area contributed by atoms with Crippen molar-refractivity contribution in [3.63, 3.8) is 0 Å². The summed E-state index contributed by atoms with van der Waals surface area (Å²) in [7, 11) is 0. The molecular formula is C69H56N6. The summed E-state index contributed by atoms with van der Waals surface area (Å²) in [4.78, 5) is 18.3. The van der Waals surface area contributed by atoms with E-state index in [0.29, 0.717) is 11.8 Å². The summed E-state index contributed by atoms with van der Waals surface area (Å²) in [6.07, 6.45) is 53.9. The number of allylic oxidation sites excluding steroid dienone is 18. The summed E-state index contributed by atoms with van der Waals surface area (Å²) in [5.74, 6) is 3.92. The highest BCUT2D eigenvalue weighted by molar-refractivity contribution is 6.04. The van der Waals surface area contributed by atoms with Crippen LogP contribution >= 0.6 is 0 Å². The number of nitrogens with zero attached hydrogens (tertiary/aromatic N) is 5. The molecule has 7 aliphatic carbocycles. The van der Waals surface area contributed by atoms with Crippen LogP contribution in [-0.4, -0.2) is 32.5 Å². The van der Waals surface area contributed by atoms with E-state index in [-0.39, 0.29) is 35.8 Å². The van der Waals surface area contributed by atoms with Crippen molar-refractivity contribution in [1.29, 1.82) is 0 Å². The summed E-state index contributed by atoms with van der Waals surface area (Å²) in [6.45, 7) is 0. The number of aliphatic imine (C=N–C) groups is 1. The fourth-order valence-corrected chi connectivity index (χ4v) is 13.0. The van der Waals surface area contributed by atoms with Gasteiger partial charge in [-0.2, -0.15) is 0 Å². The van der Waals surface area contributed by atoms with Crippen molar-refractivity contribution in [2.24, 2.45) is 10.9 Å². The van der Waals surface area contributed by atoms with Gasteiger partial charge in [-0.15, -0.1) is 0 Å². The van der Waals surface area contributed by atoms with Crippen LogP contribution in [0.2, 0.25) is 0 Å². The molecule has 6 aromatic rings. The van der Waals surface area contributed by atoms with Crippen LogP contribution in [-0.2, 0) is 0 Å². The van der Waals surface area contributed by atoms with Crippen molar-refractivity contribution in [1.82, 2.24) is 19.9 Å². The SMILES string of the molecule is c1ccc(C2=CC(C3=CC=CCC3)NC(c3ccc(N4c5ccc(-c6ccc7c(c6)c6c(n7C7=CCC(c8nc(C9C=CC=CC9)cc(C9C=CC=CC9)n8)C=C7)C=CC7CC67)cc5C5C=CC=CC54)cc3)=N2)cc#1. The lowest BCUT2D eigenvalue weighted by Crippen LogP contribution is -2.38. The highest BCUT2D eigenvalue weighted by Crippen LogP contribution is 2.57. The standard InChI is InChI=1S/C69H56N6/c1-5-15-44(16-6-1)59-42-60(45-17-7-2-8-18-45)71-68(70-59)48-25-32-53(33-26-48)74-63-24-14-13-23-55(63)57-39-50(29-36-64(57)74)51-30-37-65-58(40-51)67-56-41-52(56)31-38-66(67)75(65)54-34-27-49(28-35-54)69-72-61(46-19-9-3-10-20-46)43-62(73-69)47-21-11-4-12-22-47/h1,3-5,7,9-15,17-19,21,23-27,29-40,42-43,46-47,49,52,55-56,59,63H,6,16,20,22,28,41H2,(H,70,71). The molecule has 9 aliphatic rings. The Morgan fingerprint density at radius 3 is 2.21 bits per heavy atom. The van der Waals surface area contributed by atoms with Crippen molar-refractivity contribution < 1.29 is 0 Å². The molecule has 6 heteroatoms. The van der Waals surface area contributed by atoms with Crippen LogP contribution in [0, 0.1) is 18.1 Å². The fraction of sp³-hybridized carbons (Fsp3) is 0.203. The van der Waals surface area contributed by atoms with E-state index in [9.17, 15) is 0 Å². The van der Waals surface area contributed by atoms with Gasteiger partial charge in [0.2, 0.25) is 0 Å². The number of rotatable bonds is 9. The molecule has 2 aromatic heterocycles. The van der Waals surface area contributed by atoms with Crippen LogP contribution in [0.1, 0.15) is 113 Å². The number of benzene rings is 3. The number of aromatic nitrogens is 3. The van der Waals surface area contributed by atoms with Gasteiger partial charge in [0.25, 0.3) is 0 Å². The van der Waals surface area contributed by atoms with Crippen LogP contribution in [0.25, 0.3) is 39.5 Å². The zero-order chi connectivity index (χ0) is 49.4. The number of fused-ring (bicyclic) bond motifs is 8. The first-order valence-corrected chi connectivity index (χ1v) is 27.2. The van der Waals surface area contributed by atoms with Crippen LogP contribution in [0.3, 0.4) is 0 Å². The molecule has 4 aromatic carbocycles. The maximum Gasteiger partial charge on any atom is 0.136 e. The average Bonchev–Trinajstić information content (AvgIpc) is 4.12. The Morgan fingerprint density at radius 2 is 1.45 bits per heavy atom. The molecule has 75 heavy (non-hydrogen) atoms. The van der Waals surface area contributed by atoms with Crippen molar-refractivity contribution in [2.45, 2.75) is 80.2 Å². The molecule has 8 atom stereocenters. The highest BCUT2D eigenvalue weighted by Gasteiger charge is 2.43. The van der Waals surface area contributed by atoms with Crippen molar-refractivity contribution >= 4 is 45.6 Å². The molecule has 8 unspecified atom stereocenters. The van der Waals surface area contributed by atoms with Gasteiger partial charge in [0, 0.05) is 63.0 Å². The minimum Gasteiger partial charge on any atom is -0.359 e. The van der Waals surface area contributed by atoms with E-state index < -0.39 is 0 Å². The molecular weight excluding hydrogens is 913 g/mol. The summed E-state index contributed by atoms with van der Waals surface area (Å²) in [5.41, 5.74) is 18.4. The number of amidine groups is 1. The molecule has 2 aliphatic heterocycles. The van der Waals surface area contributed by atoms with E-state index in [2.05, 4.69) is 227 Å². The molecule has 1 saturated carbocycles. The second kappa shape index (κ2) is 18.1. The first kappa shape index (κ1) is 44.0. The topological polar surface area (TPSA) is 58.3 Å². The van der Waals surface area contributed by atoms with Crippen LogP contribution in [0.4, 0.5) is 11.4 Å². The number of nitrogens with one attached hydrogen (secondary N) is 1. The van der Waals surface area contributed by atoms with Gasteiger partial charge in [0.1, 0.15) is 11.7 Å². The Morgan fingerprint density at radius 1 is 0.653 bits per heavy atom. The Balaban J connectivity index is 0.731. The lowest BCUT2D eigenvalue weighted by molar-refractivity contribution is 0.697. The summed E-state index contributed by atoms with van der Waals surface area (Å²) >= 11 is 0. The molecule has 6 nitrogen and oxygen atoms in total. The lowest BCUT2D eigenvalue weighted by atomic mass is 9.89. The highest BCUT2D eigenvalue weighted by atomic mass is 15.2. The van der Waals surface area contributed by atoms with Gasteiger partial charge in [-0.1, -0.05) is 134 Å². The lowest BCUT2D eigenvalue weighted by Gasteiger charge is -2.29. The molecule has 15 rings (SSSR count). The largest absolute Gasteiger partial charge is 0.359 e. The predicted octanol–water partition coefficient (Wildman–Crippen LogP) is 15.4. The van der Waals surface area contributed by atoms with Crippen LogP contribution in [0.5, 0.6) is 0 Å². The van der Waals surface area contributed by atoms with E-state index in [1.807, 2.05) is 12.1 Å². The second-order valence-electron chi connectivity index (χ2n) is 21.5. The quantitative estimate of drug-likeness (QED) is 0.157. The van der Waals surface area contributed by atoms with Gasteiger partial charge in [-0.25, -0.2) is 15.0 Å². The molecule has 1 fully saturated rings. The molecule has 0 spiro atoms. The van der Waals surface area contributed by atoms with Crippen LogP contribution in [0.15, 0.2) is 217 Å². The third kappa shape index (κ3) is 7.84. The smallest absolute Gasteiger partial charge is 0.136 e. The zero-order valence-corrected chi connectivity index (χ0v) is 41.8. The Bertz CT molecular complexity index is 3700. The average molecular weight is 969 g/mol. The van der Waals surface area contributed by atoms with Gasteiger partial charge in [-0.3, -0.25) is 0 Å². The maximum atomic E-state index is 5.29. The van der Waals surface area contributed by atoms with Gasteiger partial charge < -0.3 is 14.8 Å². The molecule has 0 amide bonds. The number of hydrogen-bond donors (Lipinski definition) is 1. The molecule has 0 saturated heterocycles. The molecule has 0 radical (unpaired) electrons. The minimum atomic E-state index is 0.0674. The van der Waals surface area contributed by atoms with Gasteiger partial charge in [0.15, 0.2) is 0 Å². The van der Waals surface area contributed by atoms with Gasteiger partial charge in [0.05, 0.1) is 34.7 Å².